The molecule has 1 fully saturated rings. The minimum Gasteiger partial charge on any atom is -0.488 e. The van der Waals surface area contributed by atoms with Crippen molar-refractivity contribution in [2.45, 2.75) is 25.9 Å². The van der Waals surface area contributed by atoms with E-state index in [-0.39, 0.29) is 10.8 Å². The molecule has 0 saturated carbocycles. The van der Waals surface area contributed by atoms with Crippen molar-refractivity contribution in [3.05, 3.63) is 92.8 Å². The van der Waals surface area contributed by atoms with Crippen LogP contribution < -0.4 is 4.74 Å². The number of nitrogens with zero attached hydrogens (tertiary/aromatic N) is 2. The Labute approximate surface area is 200 Å². The average Bonchev–Trinajstić information content (AvgIpc) is 3.42. The zero-order valence-electron chi connectivity index (χ0n) is 17.9. The number of allylic oxidation sites excluding steroid dienone is 1. The summed E-state index contributed by atoms with van der Waals surface area (Å²) in [6.45, 7) is 2.43. The van der Waals surface area contributed by atoms with Gasteiger partial charge in [0.25, 0.3) is 0 Å². The average molecular weight is 472 g/mol. The van der Waals surface area contributed by atoms with Crippen molar-refractivity contribution in [1.82, 2.24) is 10.2 Å². The van der Waals surface area contributed by atoms with E-state index in [4.69, 9.17) is 10.1 Å². The number of Topliss-reactive ketones (excluding diaryl/α,β-unsaturated/α-hetero) is 1. The first-order chi connectivity index (χ1) is 16.1. The highest BCUT2D eigenvalue weighted by Crippen LogP contribution is 2.43. The maximum atomic E-state index is 13.3. The van der Waals surface area contributed by atoms with Gasteiger partial charge in [-0.1, -0.05) is 79.3 Å². The van der Waals surface area contributed by atoms with Gasteiger partial charge in [0.05, 0.1) is 9.95 Å². The topological polar surface area (TPSA) is 75.9 Å². The van der Waals surface area contributed by atoms with Crippen molar-refractivity contribution >= 4 is 50.8 Å². The molecular formula is C26H21N3O2S2. The van der Waals surface area contributed by atoms with Crippen molar-refractivity contribution < 1.29 is 9.53 Å². The largest absolute Gasteiger partial charge is 0.488 e. The SMILES string of the molecule is CCc1nnc([C@H]2C(=N)S/C(=C\c3c(OCc4ccccc4)ccc4ccccc34)C2=O)s1. The number of rotatable bonds is 6. The molecule has 0 amide bonds. The molecule has 0 aliphatic carbocycles. The summed E-state index contributed by atoms with van der Waals surface area (Å²) in [5.74, 6) is -0.0638. The van der Waals surface area contributed by atoms with E-state index in [1.54, 1.807) is 0 Å². The molecule has 3 aromatic carbocycles. The van der Waals surface area contributed by atoms with Gasteiger partial charge in [-0.2, -0.15) is 0 Å². The van der Waals surface area contributed by atoms with E-state index in [0.29, 0.717) is 22.3 Å². The summed E-state index contributed by atoms with van der Waals surface area (Å²) in [6, 6.07) is 22.0. The number of carbonyl (C=O) groups is 1. The molecule has 1 atom stereocenters. The molecule has 7 heteroatoms. The van der Waals surface area contributed by atoms with Gasteiger partial charge in [-0.25, -0.2) is 0 Å². The van der Waals surface area contributed by atoms with E-state index >= 15 is 0 Å². The highest BCUT2D eigenvalue weighted by Gasteiger charge is 2.39. The second-order valence-electron chi connectivity index (χ2n) is 7.63. The van der Waals surface area contributed by atoms with Gasteiger partial charge in [-0.3, -0.25) is 10.2 Å². The van der Waals surface area contributed by atoms with Gasteiger partial charge in [0, 0.05) is 5.56 Å². The maximum Gasteiger partial charge on any atom is 0.186 e. The minimum atomic E-state index is -0.664. The van der Waals surface area contributed by atoms with Crippen LogP contribution in [0.1, 0.15) is 34.0 Å². The van der Waals surface area contributed by atoms with Crippen molar-refractivity contribution in [2.75, 3.05) is 0 Å². The molecule has 2 heterocycles. The Balaban J connectivity index is 1.53. The van der Waals surface area contributed by atoms with Gasteiger partial charge in [0.1, 0.15) is 28.3 Å². The second-order valence-corrected chi connectivity index (χ2v) is 9.81. The molecular weight excluding hydrogens is 450 g/mol. The van der Waals surface area contributed by atoms with Crippen LogP contribution in [0, 0.1) is 5.41 Å². The molecule has 33 heavy (non-hydrogen) atoms. The fourth-order valence-corrected chi connectivity index (χ4v) is 5.69. The van der Waals surface area contributed by atoms with E-state index in [1.807, 2.05) is 79.7 Å². The lowest BCUT2D eigenvalue weighted by atomic mass is 10.0. The Morgan fingerprint density at radius 1 is 1.03 bits per heavy atom. The Kier molecular flexibility index (Phi) is 6.07. The molecule has 0 radical (unpaired) electrons. The number of hydrogen-bond donors (Lipinski definition) is 1. The molecule has 1 saturated heterocycles. The first-order valence-electron chi connectivity index (χ1n) is 10.7. The number of nitrogens with one attached hydrogen (secondary N) is 1. The number of carbonyl (C=O) groups excluding carboxylic acids is 1. The van der Waals surface area contributed by atoms with Crippen molar-refractivity contribution in [3.63, 3.8) is 0 Å². The minimum absolute atomic E-state index is 0.106. The lowest BCUT2D eigenvalue weighted by Crippen LogP contribution is -2.11. The van der Waals surface area contributed by atoms with Crippen LogP contribution >= 0.6 is 23.1 Å². The van der Waals surface area contributed by atoms with E-state index in [9.17, 15) is 4.79 Å². The van der Waals surface area contributed by atoms with Crippen LogP contribution in [0.4, 0.5) is 0 Å². The van der Waals surface area contributed by atoms with Crippen LogP contribution in [0.15, 0.2) is 71.6 Å². The Hall–Kier alpha value is -3.29. The number of ether oxygens (including phenoxy) is 1. The Morgan fingerprint density at radius 2 is 1.82 bits per heavy atom. The number of benzene rings is 3. The number of aromatic nitrogens is 2. The maximum absolute atomic E-state index is 13.3. The lowest BCUT2D eigenvalue weighted by molar-refractivity contribution is -0.114. The molecule has 164 valence electrons. The van der Waals surface area contributed by atoms with Crippen LogP contribution in [0.5, 0.6) is 5.75 Å². The van der Waals surface area contributed by atoms with Gasteiger partial charge in [0.15, 0.2) is 5.78 Å². The zero-order valence-corrected chi connectivity index (χ0v) is 19.6. The number of thioether (sulfide) groups is 1. The third-order valence-electron chi connectivity index (χ3n) is 5.46. The van der Waals surface area contributed by atoms with E-state index in [0.717, 1.165) is 33.3 Å². The van der Waals surface area contributed by atoms with Crippen molar-refractivity contribution in [3.8, 4) is 5.75 Å². The smallest absolute Gasteiger partial charge is 0.186 e. The molecule has 1 aliphatic heterocycles. The first-order valence-corrected chi connectivity index (χ1v) is 12.3. The predicted octanol–water partition coefficient (Wildman–Crippen LogP) is 6.25. The highest BCUT2D eigenvalue weighted by molar-refractivity contribution is 8.19. The van der Waals surface area contributed by atoms with Crippen LogP contribution in [0.2, 0.25) is 0 Å². The summed E-state index contributed by atoms with van der Waals surface area (Å²) in [7, 11) is 0. The summed E-state index contributed by atoms with van der Waals surface area (Å²) in [5.41, 5.74) is 1.92. The summed E-state index contributed by atoms with van der Waals surface area (Å²) in [5, 5.41) is 20.6. The molecule has 5 rings (SSSR count). The zero-order chi connectivity index (χ0) is 22.8. The van der Waals surface area contributed by atoms with Crippen LogP contribution in [0.3, 0.4) is 0 Å². The number of hydrogen-bond acceptors (Lipinski definition) is 7. The highest BCUT2D eigenvalue weighted by atomic mass is 32.2. The molecule has 5 nitrogen and oxygen atoms in total. The van der Waals surface area contributed by atoms with Crippen LogP contribution in [-0.4, -0.2) is 21.0 Å². The van der Waals surface area contributed by atoms with Gasteiger partial charge >= 0.3 is 0 Å². The molecule has 0 spiro atoms. The molecule has 4 aromatic rings. The summed E-state index contributed by atoms with van der Waals surface area (Å²) < 4.78 is 6.19. The monoisotopic (exact) mass is 471 g/mol. The van der Waals surface area contributed by atoms with Gasteiger partial charge in [-0.15, -0.1) is 21.5 Å². The normalized spacial score (nSPS) is 17.2. The third-order valence-corrected chi connectivity index (χ3v) is 7.59. The quantitative estimate of drug-likeness (QED) is 0.336. The van der Waals surface area contributed by atoms with E-state index < -0.39 is 5.92 Å². The van der Waals surface area contributed by atoms with Crippen molar-refractivity contribution in [1.29, 1.82) is 5.41 Å². The van der Waals surface area contributed by atoms with Crippen molar-refractivity contribution in [2.24, 2.45) is 0 Å². The Morgan fingerprint density at radius 3 is 2.61 bits per heavy atom. The van der Waals surface area contributed by atoms with Gasteiger partial charge < -0.3 is 4.74 Å². The lowest BCUT2D eigenvalue weighted by Gasteiger charge is -2.13. The van der Waals surface area contributed by atoms with Crippen LogP contribution in [-0.2, 0) is 17.8 Å². The summed E-state index contributed by atoms with van der Waals surface area (Å²) in [6.07, 6.45) is 2.63. The number of fused-ring (bicyclic) bond motifs is 1. The second kappa shape index (κ2) is 9.29. The Bertz CT molecular complexity index is 1380. The fraction of sp³-hybridized carbons (Fsp3) is 0.154. The first kappa shape index (κ1) is 21.6. The standard InChI is InChI=1S/C26H21N3O2S2/c1-2-22-28-29-26(33-22)23-24(30)21(32-25(23)27)14-19-18-11-7-6-10-17(18)12-13-20(19)31-15-16-8-4-3-5-9-16/h3-14,23,27H,2,15H2,1H3/b21-14-,27-25?/t23-/m1/s1. The third kappa shape index (κ3) is 4.34. The van der Waals surface area contributed by atoms with Crippen LogP contribution in [0.25, 0.3) is 16.8 Å². The van der Waals surface area contributed by atoms with Gasteiger partial charge in [0.2, 0.25) is 0 Å². The summed E-state index contributed by atoms with van der Waals surface area (Å²) in [4.78, 5) is 13.8. The number of aryl methyl sites for hydroxylation is 1. The fourth-order valence-electron chi connectivity index (χ4n) is 3.76. The van der Waals surface area contributed by atoms with E-state index in [2.05, 4.69) is 10.2 Å². The molecule has 0 bridgehead atoms. The van der Waals surface area contributed by atoms with E-state index in [1.165, 1.54) is 23.1 Å². The molecule has 1 aromatic heterocycles. The molecule has 0 unspecified atom stereocenters. The summed E-state index contributed by atoms with van der Waals surface area (Å²) >= 11 is 2.61. The van der Waals surface area contributed by atoms with Gasteiger partial charge in [-0.05, 0) is 34.9 Å². The predicted molar refractivity (Wildman–Crippen MR) is 135 cm³/mol. The molecule has 1 aliphatic rings. The number of ketones is 1. The molecule has 1 N–H and O–H groups in total.